The summed E-state index contributed by atoms with van der Waals surface area (Å²) in [5.74, 6) is -3.80. The van der Waals surface area contributed by atoms with E-state index in [0.29, 0.717) is 34.0 Å². The molecule has 0 radical (unpaired) electrons. The Hall–Kier alpha value is -4.43. The van der Waals surface area contributed by atoms with E-state index in [9.17, 15) is 19.5 Å². The number of carbonyl (C=O) groups is 4. The molecule has 246 valence electrons. The lowest BCUT2D eigenvalue weighted by molar-refractivity contribution is -0.143. The number of benzene rings is 3. The Morgan fingerprint density at radius 2 is 1.62 bits per heavy atom. The molecule has 5 aliphatic rings. The molecule has 2 aliphatic heterocycles. The third kappa shape index (κ3) is 4.34. The number of phenols is 1. The van der Waals surface area contributed by atoms with E-state index in [2.05, 4.69) is 6.08 Å². The maximum absolute atomic E-state index is 15.3. The predicted octanol–water partition coefficient (Wildman–Crippen LogP) is 6.55. The number of hydrogen-bond acceptors (Lipinski definition) is 6. The minimum atomic E-state index is -1.41. The average molecular weight is 665 g/mol. The lowest BCUT2D eigenvalue weighted by atomic mass is 9.49. The summed E-state index contributed by atoms with van der Waals surface area (Å²) >= 11 is 6.40. The molecule has 48 heavy (non-hydrogen) atoms. The molecule has 0 bridgehead atoms. The molecule has 9 heteroatoms. The number of halogens is 1. The van der Waals surface area contributed by atoms with E-state index in [0.717, 1.165) is 37.7 Å². The summed E-state index contributed by atoms with van der Waals surface area (Å²) < 4.78 is 5.86. The molecule has 2 saturated carbocycles. The maximum atomic E-state index is 15.3. The Kier molecular flexibility index (Phi) is 7.47. The summed E-state index contributed by atoms with van der Waals surface area (Å²) in [5, 5.41) is 10.9. The third-order valence-corrected chi connectivity index (χ3v) is 11.9. The minimum Gasteiger partial charge on any atom is -0.508 e. The molecule has 4 fully saturated rings. The minimum absolute atomic E-state index is 0.0000262. The smallest absolute Gasteiger partial charge is 0.246 e. The Balaban J connectivity index is 1.36. The first kappa shape index (κ1) is 30.9. The normalized spacial score (nSPS) is 30.2. The third-order valence-electron chi connectivity index (χ3n) is 11.7. The predicted molar refractivity (Wildman–Crippen MR) is 179 cm³/mol. The van der Waals surface area contributed by atoms with Crippen molar-refractivity contribution in [3.8, 4) is 11.5 Å². The van der Waals surface area contributed by atoms with Gasteiger partial charge in [0.1, 0.15) is 11.5 Å². The highest BCUT2D eigenvalue weighted by molar-refractivity contribution is 6.32. The van der Waals surface area contributed by atoms with Crippen LogP contribution in [0.4, 0.5) is 5.69 Å². The van der Waals surface area contributed by atoms with Crippen LogP contribution in [0.5, 0.6) is 11.5 Å². The summed E-state index contributed by atoms with van der Waals surface area (Å²) in [6, 6.07) is 20.9. The van der Waals surface area contributed by atoms with Gasteiger partial charge >= 0.3 is 0 Å². The van der Waals surface area contributed by atoms with Crippen LogP contribution in [0.3, 0.4) is 0 Å². The van der Waals surface area contributed by atoms with E-state index in [1.807, 2.05) is 30.3 Å². The van der Waals surface area contributed by atoms with Crippen LogP contribution in [-0.2, 0) is 24.6 Å². The van der Waals surface area contributed by atoms with Crippen molar-refractivity contribution in [3.63, 3.8) is 0 Å². The van der Waals surface area contributed by atoms with Crippen molar-refractivity contribution in [2.75, 3.05) is 12.0 Å². The van der Waals surface area contributed by atoms with Crippen molar-refractivity contribution in [1.82, 2.24) is 4.90 Å². The zero-order valence-corrected chi connectivity index (χ0v) is 27.4. The quantitative estimate of drug-likeness (QED) is 0.245. The van der Waals surface area contributed by atoms with Crippen molar-refractivity contribution in [3.05, 3.63) is 101 Å². The van der Waals surface area contributed by atoms with Gasteiger partial charge in [-0.3, -0.25) is 24.1 Å². The van der Waals surface area contributed by atoms with Crippen molar-refractivity contribution in [1.29, 1.82) is 0 Å². The molecule has 0 unspecified atom stereocenters. The molecule has 6 atom stereocenters. The van der Waals surface area contributed by atoms with E-state index in [-0.39, 0.29) is 41.8 Å². The molecular formula is C39H37ClN2O6. The standard InChI is InChI=1S/C39H37ClN2O6/c1-48-32-20-26(43)15-16-28(32)34-27-17-18-29-33(37(46)41(35(29)44)24-12-6-3-7-13-24)30(27)21-31-36(45)42(25-14-8-11-23(40)19-25)38(47)39(31,34)22-9-4-2-5-10-22/h2,4-5,8-11,14-17,19-20,24,29-31,33-34,43H,3,6-7,12-13,18,21H2,1H3/t29-,30+,31-,33-,34+,39+/m0/s1. The van der Waals surface area contributed by atoms with Crippen LogP contribution in [0, 0.1) is 23.7 Å². The maximum Gasteiger partial charge on any atom is 0.246 e. The van der Waals surface area contributed by atoms with Gasteiger partial charge in [0.25, 0.3) is 0 Å². The van der Waals surface area contributed by atoms with Crippen LogP contribution < -0.4 is 9.64 Å². The molecule has 8 rings (SSSR count). The number of amides is 4. The van der Waals surface area contributed by atoms with Crippen LogP contribution in [-0.4, -0.2) is 46.8 Å². The van der Waals surface area contributed by atoms with Gasteiger partial charge in [0.15, 0.2) is 0 Å². The molecular weight excluding hydrogens is 628 g/mol. The van der Waals surface area contributed by atoms with E-state index < -0.39 is 35.0 Å². The number of anilines is 1. The van der Waals surface area contributed by atoms with Gasteiger partial charge in [-0.15, -0.1) is 0 Å². The molecule has 3 aromatic carbocycles. The summed E-state index contributed by atoms with van der Waals surface area (Å²) in [6.45, 7) is 0. The van der Waals surface area contributed by atoms with Crippen molar-refractivity contribution in [2.24, 2.45) is 23.7 Å². The summed E-state index contributed by atoms with van der Waals surface area (Å²) in [6.07, 6.45) is 7.38. The lowest BCUT2D eigenvalue weighted by Gasteiger charge is -2.51. The lowest BCUT2D eigenvalue weighted by Crippen LogP contribution is -2.53. The Morgan fingerprint density at radius 3 is 2.35 bits per heavy atom. The van der Waals surface area contributed by atoms with Gasteiger partial charge in [-0.1, -0.05) is 85.0 Å². The highest BCUT2D eigenvalue weighted by Crippen LogP contribution is 2.65. The van der Waals surface area contributed by atoms with Crippen LogP contribution in [0.25, 0.3) is 0 Å². The van der Waals surface area contributed by atoms with Crippen molar-refractivity contribution in [2.45, 2.75) is 62.3 Å². The molecule has 0 aromatic heterocycles. The number of phenolic OH excluding ortho intramolecular Hbond substituents is 1. The number of aromatic hydroxyl groups is 1. The first-order valence-corrected chi connectivity index (χ1v) is 17.3. The monoisotopic (exact) mass is 664 g/mol. The molecule has 8 nitrogen and oxygen atoms in total. The summed E-state index contributed by atoms with van der Waals surface area (Å²) in [4.78, 5) is 61.5. The fraction of sp³-hybridized carbons (Fsp3) is 0.385. The van der Waals surface area contributed by atoms with E-state index in [4.69, 9.17) is 16.3 Å². The van der Waals surface area contributed by atoms with Gasteiger partial charge in [0.05, 0.1) is 36.0 Å². The van der Waals surface area contributed by atoms with Gasteiger partial charge in [-0.25, -0.2) is 4.90 Å². The number of nitrogens with zero attached hydrogens (tertiary/aromatic N) is 2. The van der Waals surface area contributed by atoms with Crippen molar-refractivity contribution < 1.29 is 29.0 Å². The molecule has 0 spiro atoms. The second-order valence-corrected chi connectivity index (χ2v) is 14.3. The van der Waals surface area contributed by atoms with Crippen LogP contribution in [0.15, 0.2) is 84.4 Å². The number of carbonyl (C=O) groups excluding carboxylic acids is 4. The summed E-state index contributed by atoms with van der Waals surface area (Å²) in [5.41, 5.74) is 1.14. The SMILES string of the molecule is COc1cc(O)ccc1[C@H]1C2=CC[C@@H]3C(=O)N(C4CCCCC4)C(=O)[C@@H]3[C@@H]2C[C@H]2C(=O)N(c3cccc(Cl)c3)C(=O)[C@@]12c1ccccc1. The number of fused-ring (bicyclic) bond motifs is 4. The molecule has 4 amide bonds. The number of methoxy groups -OCH3 is 1. The fourth-order valence-electron chi connectivity index (χ4n) is 9.75. The number of likely N-dealkylation sites (tertiary alicyclic amines) is 1. The van der Waals surface area contributed by atoms with Gasteiger partial charge in [0.2, 0.25) is 23.6 Å². The fourth-order valence-corrected chi connectivity index (χ4v) is 9.93. The molecule has 3 aromatic rings. The van der Waals surface area contributed by atoms with Crippen LogP contribution >= 0.6 is 11.6 Å². The van der Waals surface area contributed by atoms with Gasteiger partial charge in [-0.05, 0) is 61.4 Å². The highest BCUT2D eigenvalue weighted by Gasteiger charge is 2.70. The van der Waals surface area contributed by atoms with Crippen LogP contribution in [0.2, 0.25) is 5.02 Å². The Morgan fingerprint density at radius 1 is 0.854 bits per heavy atom. The van der Waals surface area contributed by atoms with E-state index in [1.54, 1.807) is 41.3 Å². The molecule has 1 N–H and O–H groups in total. The number of ether oxygens (including phenoxy) is 1. The summed E-state index contributed by atoms with van der Waals surface area (Å²) in [7, 11) is 1.51. The van der Waals surface area contributed by atoms with Crippen molar-refractivity contribution >= 4 is 40.9 Å². The highest BCUT2D eigenvalue weighted by atomic mass is 35.5. The van der Waals surface area contributed by atoms with Gasteiger partial charge < -0.3 is 9.84 Å². The Labute approximate surface area is 284 Å². The zero-order valence-electron chi connectivity index (χ0n) is 26.7. The van der Waals surface area contributed by atoms with E-state index in [1.165, 1.54) is 18.1 Å². The number of imide groups is 2. The Bertz CT molecular complexity index is 1870. The molecule has 3 aliphatic carbocycles. The van der Waals surface area contributed by atoms with E-state index >= 15 is 4.79 Å². The number of rotatable bonds is 5. The zero-order chi connectivity index (χ0) is 33.3. The number of hydrogen-bond donors (Lipinski definition) is 1. The number of allylic oxidation sites excluding steroid dienone is 2. The first-order chi connectivity index (χ1) is 23.3. The topological polar surface area (TPSA) is 104 Å². The molecule has 2 heterocycles. The average Bonchev–Trinajstić information content (AvgIpc) is 3.49. The van der Waals surface area contributed by atoms with Crippen LogP contribution in [0.1, 0.15) is 62.0 Å². The van der Waals surface area contributed by atoms with Gasteiger partial charge in [0, 0.05) is 28.6 Å². The molecule has 2 saturated heterocycles. The first-order valence-electron chi connectivity index (χ1n) is 16.9. The second kappa shape index (κ2) is 11.6. The largest absolute Gasteiger partial charge is 0.508 e. The second-order valence-electron chi connectivity index (χ2n) is 13.9. The van der Waals surface area contributed by atoms with Gasteiger partial charge in [-0.2, -0.15) is 0 Å².